The van der Waals surface area contributed by atoms with Gasteiger partial charge in [-0.15, -0.1) is 0 Å². The van der Waals surface area contributed by atoms with E-state index in [4.69, 9.17) is 17.3 Å². The van der Waals surface area contributed by atoms with Gasteiger partial charge >= 0.3 is 0 Å². The fourth-order valence-corrected chi connectivity index (χ4v) is 5.02. The number of anilines is 1. The van der Waals surface area contributed by atoms with E-state index in [0.717, 1.165) is 25.7 Å². The molecule has 0 amide bonds. The lowest BCUT2D eigenvalue weighted by Crippen LogP contribution is -2.43. The molecule has 0 spiro atoms. The summed E-state index contributed by atoms with van der Waals surface area (Å²) in [4.78, 5) is 0.0528. The van der Waals surface area contributed by atoms with Crippen molar-refractivity contribution in [1.29, 1.82) is 0 Å². The van der Waals surface area contributed by atoms with Crippen LogP contribution in [0.3, 0.4) is 0 Å². The molecule has 2 N–H and O–H groups in total. The third kappa shape index (κ3) is 2.73. The molecule has 0 aromatic heterocycles. The number of nitrogens with two attached hydrogens (primary N) is 1. The molecule has 0 aliphatic carbocycles. The smallest absolute Gasteiger partial charge is 0.246 e. The van der Waals surface area contributed by atoms with E-state index in [1.165, 1.54) is 0 Å². The van der Waals surface area contributed by atoms with Crippen LogP contribution in [0.25, 0.3) is 0 Å². The summed E-state index contributed by atoms with van der Waals surface area (Å²) in [5.74, 6) is 0. The van der Waals surface area contributed by atoms with Gasteiger partial charge in [0.05, 0.1) is 10.7 Å². The molecule has 6 heteroatoms. The highest BCUT2D eigenvalue weighted by Crippen LogP contribution is 2.33. The van der Waals surface area contributed by atoms with Crippen LogP contribution in [0, 0.1) is 0 Å². The van der Waals surface area contributed by atoms with Crippen molar-refractivity contribution >= 4 is 27.3 Å². The van der Waals surface area contributed by atoms with Gasteiger partial charge in [0.2, 0.25) is 10.0 Å². The van der Waals surface area contributed by atoms with Gasteiger partial charge in [0.25, 0.3) is 0 Å². The predicted octanol–water partition coefficient (Wildman–Crippen LogP) is 2.88. The van der Waals surface area contributed by atoms with Crippen LogP contribution in [-0.2, 0) is 10.0 Å². The molecule has 2 rings (SSSR count). The zero-order chi connectivity index (χ0) is 14.0. The number of benzene rings is 1. The van der Waals surface area contributed by atoms with Crippen LogP contribution < -0.4 is 5.73 Å². The van der Waals surface area contributed by atoms with Gasteiger partial charge in [-0.05, 0) is 31.4 Å². The lowest BCUT2D eigenvalue weighted by molar-refractivity contribution is 0.247. The zero-order valence-corrected chi connectivity index (χ0v) is 12.5. The van der Waals surface area contributed by atoms with Gasteiger partial charge in [0, 0.05) is 12.6 Å². The second-order valence-corrected chi connectivity index (χ2v) is 7.07. The van der Waals surface area contributed by atoms with Crippen molar-refractivity contribution in [3.63, 3.8) is 0 Å². The average molecular weight is 303 g/mol. The minimum atomic E-state index is -3.61. The van der Waals surface area contributed by atoms with Gasteiger partial charge in [0.1, 0.15) is 4.90 Å². The normalized spacial score (nSPS) is 21.5. The van der Waals surface area contributed by atoms with Crippen molar-refractivity contribution in [1.82, 2.24) is 4.31 Å². The number of piperidine rings is 1. The molecule has 0 radical (unpaired) electrons. The Morgan fingerprint density at radius 2 is 2.16 bits per heavy atom. The molecular weight excluding hydrogens is 284 g/mol. The Morgan fingerprint density at radius 1 is 1.42 bits per heavy atom. The first-order chi connectivity index (χ1) is 8.98. The summed E-state index contributed by atoms with van der Waals surface area (Å²) in [7, 11) is -3.61. The molecular formula is C13H19ClN2O2S. The zero-order valence-electron chi connectivity index (χ0n) is 11.0. The maximum Gasteiger partial charge on any atom is 0.246 e. The molecule has 0 saturated carbocycles. The predicted molar refractivity (Wildman–Crippen MR) is 77.7 cm³/mol. The second kappa shape index (κ2) is 5.69. The number of hydrogen-bond acceptors (Lipinski definition) is 3. The summed E-state index contributed by atoms with van der Waals surface area (Å²) in [6.45, 7) is 2.56. The van der Waals surface area contributed by atoms with Crippen LogP contribution in [0.2, 0.25) is 5.02 Å². The maximum atomic E-state index is 12.8. The van der Waals surface area contributed by atoms with Gasteiger partial charge in [0.15, 0.2) is 0 Å². The van der Waals surface area contributed by atoms with Crippen molar-refractivity contribution < 1.29 is 8.42 Å². The first-order valence-corrected chi connectivity index (χ1v) is 8.36. The number of hydrogen-bond donors (Lipinski definition) is 1. The molecule has 4 nitrogen and oxygen atoms in total. The standard InChI is InChI=1S/C13H19ClN2O2S/c1-2-10-6-3-4-9-16(10)19(17,18)13-11(14)7-5-8-12(13)15/h5,7-8,10H,2-4,6,9,15H2,1H3. The van der Waals surface area contributed by atoms with Gasteiger partial charge in [-0.25, -0.2) is 8.42 Å². The second-order valence-electron chi connectivity index (χ2n) is 4.83. The number of rotatable bonds is 3. The molecule has 1 heterocycles. The van der Waals surface area contributed by atoms with E-state index in [1.807, 2.05) is 6.92 Å². The van der Waals surface area contributed by atoms with Crippen molar-refractivity contribution in [3.05, 3.63) is 23.2 Å². The molecule has 1 atom stereocenters. The van der Waals surface area contributed by atoms with Crippen LogP contribution in [0.15, 0.2) is 23.1 Å². The monoisotopic (exact) mass is 302 g/mol. The van der Waals surface area contributed by atoms with Crippen LogP contribution >= 0.6 is 11.6 Å². The van der Waals surface area contributed by atoms with E-state index in [1.54, 1.807) is 22.5 Å². The third-order valence-corrected chi connectivity index (χ3v) is 6.11. The largest absolute Gasteiger partial charge is 0.398 e. The molecule has 0 bridgehead atoms. The van der Waals surface area contributed by atoms with E-state index < -0.39 is 10.0 Å². The quantitative estimate of drug-likeness (QED) is 0.873. The number of sulfonamides is 1. The van der Waals surface area contributed by atoms with E-state index in [-0.39, 0.29) is 21.6 Å². The fraction of sp³-hybridized carbons (Fsp3) is 0.538. The van der Waals surface area contributed by atoms with E-state index in [0.29, 0.717) is 6.54 Å². The molecule has 1 saturated heterocycles. The molecule has 19 heavy (non-hydrogen) atoms. The molecule has 1 aliphatic rings. The summed E-state index contributed by atoms with van der Waals surface area (Å²) in [5.41, 5.74) is 6.03. The van der Waals surface area contributed by atoms with Crippen LogP contribution in [0.4, 0.5) is 5.69 Å². The van der Waals surface area contributed by atoms with Gasteiger partial charge < -0.3 is 5.73 Å². The number of nitrogens with zero attached hydrogens (tertiary/aromatic N) is 1. The topological polar surface area (TPSA) is 63.4 Å². The van der Waals surface area contributed by atoms with Crippen LogP contribution in [-0.4, -0.2) is 25.3 Å². The van der Waals surface area contributed by atoms with Crippen LogP contribution in [0.1, 0.15) is 32.6 Å². The minimum absolute atomic E-state index is 0.0504. The lowest BCUT2D eigenvalue weighted by Gasteiger charge is -2.34. The van der Waals surface area contributed by atoms with Gasteiger partial charge in [-0.1, -0.05) is 31.0 Å². The Hall–Kier alpha value is -0.780. The first kappa shape index (κ1) is 14.6. The number of nitrogen functional groups attached to an aromatic ring is 1. The molecule has 1 aromatic rings. The minimum Gasteiger partial charge on any atom is -0.398 e. The first-order valence-electron chi connectivity index (χ1n) is 6.54. The molecule has 1 unspecified atom stereocenters. The Morgan fingerprint density at radius 3 is 2.79 bits per heavy atom. The molecule has 1 fully saturated rings. The van der Waals surface area contributed by atoms with Crippen molar-refractivity contribution in [2.75, 3.05) is 12.3 Å². The SMILES string of the molecule is CCC1CCCCN1S(=O)(=O)c1c(N)cccc1Cl. The van der Waals surface area contributed by atoms with E-state index in [2.05, 4.69) is 0 Å². The summed E-state index contributed by atoms with van der Waals surface area (Å²) in [6, 6.07) is 4.85. The Kier molecular flexibility index (Phi) is 4.38. The fourth-order valence-electron chi connectivity index (χ4n) is 2.61. The van der Waals surface area contributed by atoms with Crippen molar-refractivity contribution in [3.8, 4) is 0 Å². The highest BCUT2D eigenvalue weighted by molar-refractivity contribution is 7.89. The Labute approximate surface area is 119 Å². The van der Waals surface area contributed by atoms with E-state index >= 15 is 0 Å². The summed E-state index contributed by atoms with van der Waals surface area (Å²) in [6.07, 6.45) is 3.67. The highest BCUT2D eigenvalue weighted by Gasteiger charge is 2.34. The molecule has 106 valence electrons. The van der Waals surface area contributed by atoms with E-state index in [9.17, 15) is 8.42 Å². The Balaban J connectivity index is 2.47. The third-order valence-electron chi connectivity index (χ3n) is 3.61. The van der Waals surface area contributed by atoms with Gasteiger partial charge in [-0.3, -0.25) is 0 Å². The Bertz CT molecular complexity index is 540. The van der Waals surface area contributed by atoms with Crippen molar-refractivity contribution in [2.45, 2.75) is 43.5 Å². The van der Waals surface area contributed by atoms with Crippen LogP contribution in [0.5, 0.6) is 0 Å². The molecule has 1 aliphatic heterocycles. The molecule has 1 aromatic carbocycles. The average Bonchev–Trinajstić information content (AvgIpc) is 2.38. The highest BCUT2D eigenvalue weighted by atomic mass is 35.5. The van der Waals surface area contributed by atoms with Crippen molar-refractivity contribution in [2.24, 2.45) is 0 Å². The lowest BCUT2D eigenvalue weighted by atomic mass is 10.0. The van der Waals surface area contributed by atoms with Gasteiger partial charge in [-0.2, -0.15) is 4.31 Å². The number of halogens is 1. The maximum absolute atomic E-state index is 12.8. The summed E-state index contributed by atoms with van der Waals surface area (Å²) in [5, 5.41) is 0.195. The summed E-state index contributed by atoms with van der Waals surface area (Å²) < 4.78 is 27.1. The summed E-state index contributed by atoms with van der Waals surface area (Å²) >= 11 is 6.04.